The molecule has 0 N–H and O–H groups in total. The van der Waals surface area contributed by atoms with E-state index in [2.05, 4.69) is 182 Å². The van der Waals surface area contributed by atoms with Crippen LogP contribution in [0, 0.1) is 0 Å². The van der Waals surface area contributed by atoms with E-state index in [-0.39, 0.29) is 0 Å². The molecule has 0 saturated heterocycles. The summed E-state index contributed by atoms with van der Waals surface area (Å²) in [7, 11) is -1.75. The fourth-order valence-electron chi connectivity index (χ4n) is 4.63. The monoisotopic (exact) mass is 753 g/mol. The van der Waals surface area contributed by atoms with Crippen LogP contribution in [0.5, 0.6) is 0 Å². The summed E-state index contributed by atoms with van der Waals surface area (Å²) < 4.78 is 17.0. The van der Waals surface area contributed by atoms with Gasteiger partial charge in [0.05, 0.1) is 15.8 Å². The summed E-state index contributed by atoms with van der Waals surface area (Å²) in [6.07, 6.45) is 0. The van der Waals surface area contributed by atoms with Gasteiger partial charge in [-0.05, 0) is 72.8 Å². The minimum atomic E-state index is -1.92. The molecule has 0 radical (unpaired) electrons. The minimum Gasteiger partial charge on any atom is -0.0620 e. The molecule has 0 unspecified atom stereocenters. The number of hydrogen-bond acceptors (Lipinski definition) is 2. The van der Waals surface area contributed by atoms with Gasteiger partial charge >= 0.3 is 25.3 Å². The van der Waals surface area contributed by atoms with E-state index >= 15 is 0 Å². The van der Waals surface area contributed by atoms with Crippen LogP contribution in [0.2, 0.25) is 0 Å². The van der Waals surface area contributed by atoms with Crippen LogP contribution in [-0.2, 0) is 25.3 Å². The average Bonchev–Trinajstić information content (AvgIpc) is 3.05. The topological polar surface area (TPSA) is 34.1 Å². The Kier molecular flexibility index (Phi) is 12.9. The SMILES string of the molecule is [O]=[Pt]=[O].c1ccc([PH+](c2ccccc2)c2ccccc2)cc1.c1ccc([PH+](c2ccccc2)c2ccccc2)cc1. The predicted molar refractivity (Wildman–Crippen MR) is 174 cm³/mol. The van der Waals surface area contributed by atoms with Gasteiger partial charge in [0.2, 0.25) is 0 Å². The van der Waals surface area contributed by atoms with E-state index < -0.39 is 34.3 Å². The Morgan fingerprint density at radius 1 is 0.268 bits per heavy atom. The molecule has 6 rings (SSSR count). The third-order valence-corrected chi connectivity index (χ3v) is 11.8. The fraction of sp³-hybridized carbons (Fsp3) is 0. The van der Waals surface area contributed by atoms with Gasteiger partial charge in [0, 0.05) is 0 Å². The van der Waals surface area contributed by atoms with E-state index in [1.165, 1.54) is 31.8 Å². The summed E-state index contributed by atoms with van der Waals surface area (Å²) in [4.78, 5) is 0. The molecule has 6 aromatic carbocycles. The summed E-state index contributed by atoms with van der Waals surface area (Å²) in [6.45, 7) is 0. The van der Waals surface area contributed by atoms with Crippen LogP contribution in [0.4, 0.5) is 0 Å². The van der Waals surface area contributed by atoms with E-state index in [1.54, 1.807) is 0 Å². The molecular weight excluding hydrogens is 721 g/mol. The van der Waals surface area contributed by atoms with E-state index in [4.69, 9.17) is 6.80 Å². The second kappa shape index (κ2) is 17.3. The first-order chi connectivity index (χ1) is 20.3. The summed E-state index contributed by atoms with van der Waals surface area (Å²) in [5.41, 5.74) is 0. The molecule has 0 aromatic heterocycles. The van der Waals surface area contributed by atoms with E-state index in [9.17, 15) is 0 Å². The van der Waals surface area contributed by atoms with Gasteiger partial charge in [-0.15, -0.1) is 0 Å². The Morgan fingerprint density at radius 2 is 0.390 bits per heavy atom. The van der Waals surface area contributed by atoms with Gasteiger partial charge in [-0.2, -0.15) is 0 Å². The normalized spacial score (nSPS) is 10.3. The van der Waals surface area contributed by atoms with Crippen LogP contribution >= 0.6 is 15.8 Å². The molecule has 0 amide bonds. The molecule has 0 heterocycles. The quantitative estimate of drug-likeness (QED) is 0.193. The number of hydrogen-bond donors (Lipinski definition) is 0. The summed E-state index contributed by atoms with van der Waals surface area (Å²) in [6, 6.07) is 65.0. The zero-order chi connectivity index (χ0) is 28.5. The molecule has 5 heteroatoms. The van der Waals surface area contributed by atoms with Gasteiger partial charge in [-0.25, -0.2) is 0 Å². The fourth-order valence-corrected chi connectivity index (χ4v) is 9.78. The zero-order valence-corrected chi connectivity index (χ0v) is 26.7. The van der Waals surface area contributed by atoms with Crippen LogP contribution in [0.3, 0.4) is 0 Å². The van der Waals surface area contributed by atoms with Crippen molar-refractivity contribution in [3.05, 3.63) is 182 Å². The predicted octanol–water partition coefficient (Wildman–Crippen LogP) is 6.11. The molecule has 0 atom stereocenters. The van der Waals surface area contributed by atoms with Crippen molar-refractivity contribution >= 4 is 47.7 Å². The summed E-state index contributed by atoms with van der Waals surface area (Å²) >= 11 is -1.92. The smallest absolute Gasteiger partial charge is 0.0620 e. The van der Waals surface area contributed by atoms with Crippen molar-refractivity contribution < 1.29 is 25.3 Å². The molecule has 6 aromatic rings. The van der Waals surface area contributed by atoms with Gasteiger partial charge < -0.3 is 0 Å². The molecule has 41 heavy (non-hydrogen) atoms. The van der Waals surface area contributed by atoms with E-state index in [0.29, 0.717) is 0 Å². The largest absolute Gasteiger partial charge is 0.102 e. The van der Waals surface area contributed by atoms with Crippen molar-refractivity contribution in [2.24, 2.45) is 0 Å². The molecule has 0 aliphatic heterocycles. The second-order valence-corrected chi connectivity index (χ2v) is 14.3. The first-order valence-electron chi connectivity index (χ1n) is 13.2. The van der Waals surface area contributed by atoms with Gasteiger partial charge in [0.25, 0.3) is 0 Å². The van der Waals surface area contributed by atoms with Gasteiger partial charge in [0.15, 0.2) is 0 Å². The van der Waals surface area contributed by atoms with E-state index in [0.717, 1.165) is 0 Å². The Labute approximate surface area is 253 Å². The average molecular weight is 754 g/mol. The van der Waals surface area contributed by atoms with Crippen LogP contribution in [0.1, 0.15) is 0 Å². The van der Waals surface area contributed by atoms with Crippen molar-refractivity contribution in [2.45, 2.75) is 0 Å². The minimum absolute atomic E-state index is 0.877. The van der Waals surface area contributed by atoms with Crippen molar-refractivity contribution in [1.29, 1.82) is 0 Å². The Morgan fingerprint density at radius 3 is 0.512 bits per heavy atom. The Bertz CT molecular complexity index is 1270. The molecular formula is C36H32O2P2Pt+2. The van der Waals surface area contributed by atoms with Crippen molar-refractivity contribution in [2.75, 3.05) is 0 Å². The van der Waals surface area contributed by atoms with E-state index in [1.807, 2.05) is 0 Å². The first-order valence-corrected chi connectivity index (χ1v) is 18.1. The molecule has 0 spiro atoms. The molecule has 206 valence electrons. The zero-order valence-electron chi connectivity index (χ0n) is 22.5. The van der Waals surface area contributed by atoms with Crippen LogP contribution in [0.25, 0.3) is 0 Å². The molecule has 0 fully saturated rings. The number of rotatable bonds is 6. The maximum Gasteiger partial charge on any atom is 0.102 e. The maximum absolute atomic E-state index is 8.49. The van der Waals surface area contributed by atoms with Crippen LogP contribution in [0.15, 0.2) is 182 Å². The van der Waals surface area contributed by atoms with Crippen molar-refractivity contribution in [1.82, 2.24) is 0 Å². The van der Waals surface area contributed by atoms with Gasteiger partial charge in [0.1, 0.15) is 31.8 Å². The van der Waals surface area contributed by atoms with Crippen molar-refractivity contribution in [3.63, 3.8) is 0 Å². The summed E-state index contributed by atoms with van der Waals surface area (Å²) in [5.74, 6) is 0. The van der Waals surface area contributed by atoms with Crippen LogP contribution in [-0.4, -0.2) is 0 Å². The second-order valence-electron chi connectivity index (χ2n) is 9.00. The molecule has 0 aliphatic carbocycles. The Hall–Kier alpha value is -3.53. The first kappa shape index (κ1) is 30.4. The van der Waals surface area contributed by atoms with Crippen LogP contribution < -0.4 is 31.8 Å². The summed E-state index contributed by atoms with van der Waals surface area (Å²) in [5, 5.41) is 8.61. The molecule has 2 nitrogen and oxygen atoms in total. The van der Waals surface area contributed by atoms with Crippen molar-refractivity contribution in [3.8, 4) is 0 Å². The van der Waals surface area contributed by atoms with Gasteiger partial charge in [-0.1, -0.05) is 109 Å². The third-order valence-electron chi connectivity index (χ3n) is 6.37. The standard InChI is InChI=1S/2C18H15P.2O.Pt/c2*1-4-10-16(11-5-1)19(17-12-6-2-7-13-17)18-14-8-3-9-15-18;;;/h2*1-15H;;;/p+2. The number of benzene rings is 6. The maximum atomic E-state index is 8.49. The molecule has 0 saturated carbocycles. The third kappa shape index (κ3) is 9.24. The molecule has 0 bridgehead atoms. The Balaban J connectivity index is 0.000000173. The molecule has 0 aliphatic rings. The van der Waals surface area contributed by atoms with Gasteiger partial charge in [-0.3, -0.25) is 0 Å².